The summed E-state index contributed by atoms with van der Waals surface area (Å²) in [5.74, 6) is 0. The van der Waals surface area contributed by atoms with E-state index in [2.05, 4.69) is 44.6 Å². The van der Waals surface area contributed by atoms with E-state index >= 15 is 0 Å². The Labute approximate surface area is 125 Å². The molecule has 21 heavy (non-hydrogen) atoms. The molecule has 4 rings (SSSR count). The first-order chi connectivity index (χ1) is 10.2. The van der Waals surface area contributed by atoms with Crippen LogP contribution in [0.5, 0.6) is 0 Å². The third kappa shape index (κ3) is 2.08. The summed E-state index contributed by atoms with van der Waals surface area (Å²) in [5.41, 5.74) is 4.30. The fourth-order valence-electron chi connectivity index (χ4n) is 2.56. The van der Waals surface area contributed by atoms with Gasteiger partial charge in [0.1, 0.15) is 0 Å². The summed E-state index contributed by atoms with van der Waals surface area (Å²) in [7, 11) is 1.93. The van der Waals surface area contributed by atoms with Gasteiger partial charge in [0.25, 0.3) is 0 Å². The molecule has 0 bridgehead atoms. The van der Waals surface area contributed by atoms with Crippen LogP contribution >= 0.6 is 11.3 Å². The van der Waals surface area contributed by atoms with Crippen LogP contribution in [0.3, 0.4) is 0 Å². The number of fused-ring (bicyclic) bond motifs is 2. The summed E-state index contributed by atoms with van der Waals surface area (Å²) in [6, 6.07) is 10.5. The molecule has 0 unspecified atom stereocenters. The van der Waals surface area contributed by atoms with E-state index in [1.165, 1.54) is 10.9 Å². The van der Waals surface area contributed by atoms with Gasteiger partial charge in [-0.25, -0.2) is 9.67 Å². The van der Waals surface area contributed by atoms with Gasteiger partial charge < -0.3 is 10.3 Å². The minimum atomic E-state index is 0.737. The lowest BCUT2D eigenvalue weighted by Crippen LogP contribution is -1.99. The van der Waals surface area contributed by atoms with Gasteiger partial charge in [0.15, 0.2) is 10.8 Å². The van der Waals surface area contributed by atoms with Gasteiger partial charge in [-0.1, -0.05) is 29.5 Å². The molecule has 0 saturated heterocycles. The number of nitrogens with zero attached hydrogens (tertiary/aromatic N) is 3. The SMILES string of the molecule is Cc1nn(C)c2nc(NCc3cc4ccccc4[nH]3)sc12. The molecule has 6 heteroatoms. The molecule has 4 aromatic rings. The third-order valence-corrected chi connectivity index (χ3v) is 4.67. The molecule has 2 N–H and O–H groups in total. The van der Waals surface area contributed by atoms with Crippen LogP contribution in [-0.2, 0) is 13.6 Å². The molecule has 0 spiro atoms. The van der Waals surface area contributed by atoms with Crippen LogP contribution in [0, 0.1) is 6.92 Å². The molecule has 0 amide bonds. The van der Waals surface area contributed by atoms with Crippen LogP contribution < -0.4 is 5.32 Å². The number of aryl methyl sites for hydroxylation is 2. The van der Waals surface area contributed by atoms with Gasteiger partial charge >= 0.3 is 0 Å². The smallest absolute Gasteiger partial charge is 0.185 e. The van der Waals surface area contributed by atoms with Crippen LogP contribution in [0.1, 0.15) is 11.4 Å². The largest absolute Gasteiger partial charge is 0.357 e. The van der Waals surface area contributed by atoms with Gasteiger partial charge in [0.2, 0.25) is 0 Å². The molecular formula is C15H15N5S. The van der Waals surface area contributed by atoms with Crippen molar-refractivity contribution >= 4 is 37.7 Å². The maximum absolute atomic E-state index is 4.60. The lowest BCUT2D eigenvalue weighted by molar-refractivity contribution is 0.774. The zero-order chi connectivity index (χ0) is 14.4. The second-order valence-corrected chi connectivity index (χ2v) is 6.12. The normalized spacial score (nSPS) is 11.5. The Morgan fingerprint density at radius 2 is 2.19 bits per heavy atom. The van der Waals surface area contributed by atoms with E-state index in [9.17, 15) is 0 Å². The number of anilines is 1. The molecule has 0 fully saturated rings. The highest BCUT2D eigenvalue weighted by atomic mass is 32.1. The Hall–Kier alpha value is -2.34. The molecule has 3 aromatic heterocycles. The number of benzene rings is 1. The molecule has 0 aliphatic heterocycles. The van der Waals surface area contributed by atoms with Gasteiger partial charge in [-0.2, -0.15) is 5.10 Å². The lowest BCUT2D eigenvalue weighted by Gasteiger charge is -1.99. The van der Waals surface area contributed by atoms with E-state index in [1.807, 2.05) is 24.7 Å². The average Bonchev–Trinajstić information content (AvgIpc) is 3.13. The summed E-state index contributed by atoms with van der Waals surface area (Å²) in [6.45, 7) is 2.75. The van der Waals surface area contributed by atoms with Crippen molar-refractivity contribution in [2.45, 2.75) is 13.5 Å². The van der Waals surface area contributed by atoms with Crippen molar-refractivity contribution < 1.29 is 0 Å². The zero-order valence-corrected chi connectivity index (χ0v) is 12.7. The number of aromatic amines is 1. The Morgan fingerprint density at radius 1 is 1.33 bits per heavy atom. The highest BCUT2D eigenvalue weighted by molar-refractivity contribution is 7.22. The van der Waals surface area contributed by atoms with E-state index in [0.29, 0.717) is 0 Å². The predicted octanol–water partition coefficient (Wildman–Crippen LogP) is 3.43. The Balaban J connectivity index is 1.58. The molecule has 106 valence electrons. The predicted molar refractivity (Wildman–Crippen MR) is 86.7 cm³/mol. The van der Waals surface area contributed by atoms with E-state index in [0.717, 1.165) is 33.4 Å². The topological polar surface area (TPSA) is 58.5 Å². The van der Waals surface area contributed by atoms with Gasteiger partial charge in [-0.3, -0.25) is 0 Å². The summed E-state index contributed by atoms with van der Waals surface area (Å²) in [6.07, 6.45) is 0. The number of para-hydroxylation sites is 1. The minimum Gasteiger partial charge on any atom is -0.357 e. The van der Waals surface area contributed by atoms with Crippen molar-refractivity contribution in [3.05, 3.63) is 41.7 Å². The quantitative estimate of drug-likeness (QED) is 0.609. The number of nitrogens with one attached hydrogen (secondary N) is 2. The summed E-state index contributed by atoms with van der Waals surface area (Å²) >= 11 is 1.65. The van der Waals surface area contributed by atoms with Crippen molar-refractivity contribution in [2.24, 2.45) is 7.05 Å². The Bertz CT molecular complexity index is 863. The van der Waals surface area contributed by atoms with Gasteiger partial charge in [0, 0.05) is 18.3 Å². The molecule has 1 aromatic carbocycles. The standard InChI is InChI=1S/C15H15N5S/c1-9-13-14(20(2)19-9)18-15(21-13)16-8-11-7-10-5-3-4-6-12(10)17-11/h3-7,17H,8H2,1-2H3,(H,16,18). The molecule has 0 aliphatic rings. The molecule has 0 radical (unpaired) electrons. The van der Waals surface area contributed by atoms with E-state index in [-0.39, 0.29) is 0 Å². The molecule has 3 heterocycles. The Morgan fingerprint density at radius 3 is 3.00 bits per heavy atom. The molecule has 0 saturated carbocycles. The summed E-state index contributed by atoms with van der Waals surface area (Å²) < 4.78 is 2.98. The number of H-pyrrole nitrogens is 1. The fraction of sp³-hybridized carbons (Fsp3) is 0.200. The van der Waals surface area contributed by atoms with Crippen molar-refractivity contribution in [3.63, 3.8) is 0 Å². The first-order valence-corrected chi connectivity index (χ1v) is 7.63. The van der Waals surface area contributed by atoms with Gasteiger partial charge in [-0.05, 0) is 24.4 Å². The average molecular weight is 297 g/mol. The second kappa shape index (κ2) is 4.60. The monoisotopic (exact) mass is 297 g/mol. The van der Waals surface area contributed by atoms with Crippen LogP contribution in [0.4, 0.5) is 5.13 Å². The first kappa shape index (κ1) is 12.4. The maximum Gasteiger partial charge on any atom is 0.185 e. The Kier molecular flexibility index (Phi) is 2.71. The zero-order valence-electron chi connectivity index (χ0n) is 11.8. The first-order valence-electron chi connectivity index (χ1n) is 6.81. The van der Waals surface area contributed by atoms with E-state index in [1.54, 1.807) is 11.3 Å². The summed E-state index contributed by atoms with van der Waals surface area (Å²) in [5, 5.41) is 9.92. The third-order valence-electron chi connectivity index (χ3n) is 3.56. The number of aromatic nitrogens is 4. The van der Waals surface area contributed by atoms with E-state index < -0.39 is 0 Å². The van der Waals surface area contributed by atoms with Crippen molar-refractivity contribution in [1.82, 2.24) is 19.7 Å². The van der Waals surface area contributed by atoms with Crippen LogP contribution in [-0.4, -0.2) is 19.7 Å². The van der Waals surface area contributed by atoms with Crippen LogP contribution in [0.25, 0.3) is 21.3 Å². The highest BCUT2D eigenvalue weighted by Gasteiger charge is 2.11. The van der Waals surface area contributed by atoms with Crippen molar-refractivity contribution in [3.8, 4) is 0 Å². The maximum atomic E-state index is 4.60. The highest BCUT2D eigenvalue weighted by Crippen LogP contribution is 2.28. The minimum absolute atomic E-state index is 0.737. The number of thiazole rings is 1. The fourth-order valence-corrected chi connectivity index (χ4v) is 3.49. The van der Waals surface area contributed by atoms with Crippen LogP contribution in [0.15, 0.2) is 30.3 Å². The molecular weight excluding hydrogens is 282 g/mol. The van der Waals surface area contributed by atoms with Crippen LogP contribution in [0.2, 0.25) is 0 Å². The summed E-state index contributed by atoms with van der Waals surface area (Å²) in [4.78, 5) is 8.01. The molecule has 5 nitrogen and oxygen atoms in total. The van der Waals surface area contributed by atoms with Gasteiger partial charge in [0.05, 0.1) is 16.9 Å². The van der Waals surface area contributed by atoms with Crippen molar-refractivity contribution in [1.29, 1.82) is 0 Å². The lowest BCUT2D eigenvalue weighted by atomic mass is 10.2. The van der Waals surface area contributed by atoms with E-state index in [4.69, 9.17) is 0 Å². The molecule has 0 aliphatic carbocycles. The van der Waals surface area contributed by atoms with Gasteiger partial charge in [-0.15, -0.1) is 0 Å². The number of hydrogen-bond acceptors (Lipinski definition) is 4. The number of rotatable bonds is 3. The number of hydrogen-bond donors (Lipinski definition) is 2. The molecule has 0 atom stereocenters. The second-order valence-electron chi connectivity index (χ2n) is 5.12. The van der Waals surface area contributed by atoms with Crippen molar-refractivity contribution in [2.75, 3.05) is 5.32 Å².